The summed E-state index contributed by atoms with van der Waals surface area (Å²) in [7, 11) is 1.61. The first-order chi connectivity index (χ1) is 9.19. The molecule has 0 unspecified atom stereocenters. The number of fused-ring (bicyclic) bond motifs is 1. The van der Waals surface area contributed by atoms with Crippen LogP contribution in [0.5, 0.6) is 0 Å². The molecule has 3 rings (SSSR count). The molecule has 0 saturated carbocycles. The van der Waals surface area contributed by atoms with Crippen LogP contribution in [-0.2, 0) is 0 Å². The van der Waals surface area contributed by atoms with Gasteiger partial charge in [-0.15, -0.1) is 0 Å². The van der Waals surface area contributed by atoms with Crippen LogP contribution in [0.4, 0.5) is 0 Å². The first-order valence-corrected chi connectivity index (χ1v) is 9.68. The second-order valence-corrected chi connectivity index (χ2v) is 6.78. The third-order valence-electron chi connectivity index (χ3n) is 2.88. The van der Waals surface area contributed by atoms with Crippen molar-refractivity contribution in [2.45, 2.75) is 6.92 Å². The van der Waals surface area contributed by atoms with Gasteiger partial charge in [-0.05, 0) is 35.0 Å². The van der Waals surface area contributed by atoms with Crippen LogP contribution in [0.15, 0.2) is 41.3 Å². The molecule has 0 aliphatic heterocycles. The summed E-state index contributed by atoms with van der Waals surface area (Å²) in [5.74, 6) is 0. The summed E-state index contributed by atoms with van der Waals surface area (Å²) < 4.78 is 3.05. The molecule has 6 heteroatoms. The van der Waals surface area contributed by atoms with Crippen molar-refractivity contribution in [3.05, 3.63) is 47.0 Å². The summed E-state index contributed by atoms with van der Waals surface area (Å²) in [5, 5.41) is 1.13. The first-order valence-electron chi connectivity index (χ1n) is 5.58. The standard InChI is InChI=1S/C13H9BrIN3S/c1-8-2-3-9(5-16-8)12-7-18(19-15)13-11(12)4-10(14)6-17-13/h2-7H,1H3. The van der Waals surface area contributed by atoms with Crippen molar-refractivity contribution in [2.75, 3.05) is 0 Å². The van der Waals surface area contributed by atoms with E-state index in [-0.39, 0.29) is 0 Å². The molecule has 19 heavy (non-hydrogen) atoms. The minimum absolute atomic E-state index is 0.971. The summed E-state index contributed by atoms with van der Waals surface area (Å²) >= 11 is 5.75. The molecule has 0 aliphatic carbocycles. The topological polar surface area (TPSA) is 30.7 Å². The molecule has 3 nitrogen and oxygen atoms in total. The lowest BCUT2D eigenvalue weighted by Crippen LogP contribution is -1.82. The fourth-order valence-corrected chi connectivity index (χ4v) is 3.55. The molecule has 0 amide bonds. The van der Waals surface area contributed by atoms with Gasteiger partial charge in [-0.1, -0.05) is 6.07 Å². The zero-order valence-corrected chi connectivity index (χ0v) is 14.5. The molecule has 3 heterocycles. The van der Waals surface area contributed by atoms with Gasteiger partial charge in [0.05, 0.1) is 0 Å². The van der Waals surface area contributed by atoms with Gasteiger partial charge in [-0.25, -0.2) is 4.98 Å². The maximum atomic E-state index is 4.49. The number of hydrogen-bond acceptors (Lipinski definition) is 3. The molecule has 0 bridgehead atoms. The van der Waals surface area contributed by atoms with Crippen LogP contribution in [0.1, 0.15) is 5.69 Å². The van der Waals surface area contributed by atoms with Gasteiger partial charge >= 0.3 is 0 Å². The van der Waals surface area contributed by atoms with Gasteiger partial charge in [0, 0.05) is 75.6 Å². The predicted octanol–water partition coefficient (Wildman–Crippen LogP) is 5.02. The lowest BCUT2D eigenvalue weighted by atomic mass is 10.1. The van der Waals surface area contributed by atoms with E-state index in [0.29, 0.717) is 0 Å². The molecule has 0 radical (unpaired) electrons. The summed E-state index contributed by atoms with van der Waals surface area (Å²) in [6.07, 6.45) is 5.84. The number of hydrogen-bond donors (Lipinski definition) is 0. The third kappa shape index (κ3) is 2.53. The summed E-state index contributed by atoms with van der Waals surface area (Å²) in [5.41, 5.74) is 4.26. The van der Waals surface area contributed by atoms with Gasteiger partial charge in [0.1, 0.15) is 0 Å². The second kappa shape index (κ2) is 5.41. The summed E-state index contributed by atoms with van der Waals surface area (Å²) in [4.78, 5) is 8.86. The Morgan fingerprint density at radius 3 is 2.79 bits per heavy atom. The monoisotopic (exact) mass is 445 g/mol. The highest BCUT2D eigenvalue weighted by Crippen LogP contribution is 2.34. The van der Waals surface area contributed by atoms with Crippen LogP contribution >= 0.6 is 46.3 Å². The first kappa shape index (κ1) is 13.4. The Bertz CT molecular complexity index is 739. The average molecular weight is 446 g/mol. The van der Waals surface area contributed by atoms with Crippen molar-refractivity contribution < 1.29 is 0 Å². The van der Waals surface area contributed by atoms with Gasteiger partial charge in [0.15, 0.2) is 5.65 Å². The van der Waals surface area contributed by atoms with Gasteiger partial charge in [-0.2, -0.15) is 0 Å². The fraction of sp³-hybridized carbons (Fsp3) is 0.0769. The highest BCUT2D eigenvalue weighted by molar-refractivity contribution is 14.2. The Labute approximate surface area is 135 Å². The SMILES string of the molecule is Cc1ccc(-c2cn(SI)c3ncc(Br)cc23)cn1. The Morgan fingerprint density at radius 1 is 1.26 bits per heavy atom. The molecule has 3 aromatic heterocycles. The highest BCUT2D eigenvalue weighted by Gasteiger charge is 2.12. The smallest absolute Gasteiger partial charge is 0.151 e. The van der Waals surface area contributed by atoms with Gasteiger partial charge in [0.2, 0.25) is 0 Å². The lowest BCUT2D eigenvalue weighted by molar-refractivity contribution is 1.20. The molecule has 0 saturated heterocycles. The largest absolute Gasteiger partial charge is 0.265 e. The van der Waals surface area contributed by atoms with Gasteiger partial charge in [0.25, 0.3) is 0 Å². The molecule has 96 valence electrons. The van der Waals surface area contributed by atoms with E-state index in [4.69, 9.17) is 0 Å². The Hall–Kier alpha value is -0.600. The maximum Gasteiger partial charge on any atom is 0.151 e. The van der Waals surface area contributed by atoms with Crippen molar-refractivity contribution in [1.29, 1.82) is 0 Å². The number of pyridine rings is 2. The van der Waals surface area contributed by atoms with Crippen molar-refractivity contribution >= 4 is 57.3 Å². The molecule has 0 aliphatic rings. The summed E-state index contributed by atoms with van der Waals surface area (Å²) in [6.45, 7) is 1.99. The van der Waals surface area contributed by atoms with Crippen molar-refractivity contribution in [1.82, 2.24) is 13.9 Å². The van der Waals surface area contributed by atoms with Crippen LogP contribution in [0.2, 0.25) is 0 Å². The predicted molar refractivity (Wildman–Crippen MR) is 92.4 cm³/mol. The molecule has 3 aromatic rings. The number of aryl methyl sites for hydroxylation is 1. The number of nitrogens with zero attached hydrogens (tertiary/aromatic N) is 3. The van der Waals surface area contributed by atoms with E-state index in [9.17, 15) is 0 Å². The van der Waals surface area contributed by atoms with Crippen LogP contribution < -0.4 is 0 Å². The van der Waals surface area contributed by atoms with Crippen LogP contribution in [0, 0.1) is 6.92 Å². The number of rotatable bonds is 2. The fourth-order valence-electron chi connectivity index (χ4n) is 1.96. The molecule has 0 spiro atoms. The normalized spacial score (nSPS) is 11.1. The Morgan fingerprint density at radius 2 is 2.11 bits per heavy atom. The lowest BCUT2D eigenvalue weighted by Gasteiger charge is -1.99. The van der Waals surface area contributed by atoms with Crippen LogP contribution in [0.25, 0.3) is 22.2 Å². The van der Waals surface area contributed by atoms with E-state index >= 15 is 0 Å². The Balaban J connectivity index is 2.28. The van der Waals surface area contributed by atoms with E-state index in [1.165, 1.54) is 0 Å². The van der Waals surface area contributed by atoms with Crippen molar-refractivity contribution in [3.8, 4) is 11.1 Å². The van der Waals surface area contributed by atoms with E-state index in [2.05, 4.69) is 69.4 Å². The summed E-state index contributed by atoms with van der Waals surface area (Å²) in [6, 6.07) is 6.22. The highest BCUT2D eigenvalue weighted by atomic mass is 127. The minimum Gasteiger partial charge on any atom is -0.265 e. The molecular weight excluding hydrogens is 437 g/mol. The van der Waals surface area contributed by atoms with E-state index in [0.717, 1.165) is 32.3 Å². The molecule has 0 fully saturated rings. The van der Waals surface area contributed by atoms with Gasteiger partial charge in [-0.3, -0.25) is 8.96 Å². The molecule has 0 aromatic carbocycles. The minimum atomic E-state index is 0.971. The van der Waals surface area contributed by atoms with Crippen LogP contribution in [0.3, 0.4) is 0 Å². The maximum absolute atomic E-state index is 4.49. The quantitative estimate of drug-likeness (QED) is 0.519. The zero-order valence-electron chi connectivity index (χ0n) is 9.97. The zero-order chi connectivity index (χ0) is 13.4. The van der Waals surface area contributed by atoms with Crippen molar-refractivity contribution in [3.63, 3.8) is 0 Å². The molecule has 0 N–H and O–H groups in total. The van der Waals surface area contributed by atoms with Crippen molar-refractivity contribution in [2.24, 2.45) is 0 Å². The molecular formula is C13H9BrIN3S. The second-order valence-electron chi connectivity index (χ2n) is 4.15. The van der Waals surface area contributed by atoms with Gasteiger partial charge < -0.3 is 0 Å². The van der Waals surface area contributed by atoms with E-state index in [1.807, 2.05) is 25.4 Å². The number of aromatic nitrogens is 3. The van der Waals surface area contributed by atoms with E-state index < -0.39 is 0 Å². The average Bonchev–Trinajstić information content (AvgIpc) is 2.77. The Kier molecular flexibility index (Phi) is 3.81. The third-order valence-corrected chi connectivity index (χ3v) is 5.01. The van der Waals surface area contributed by atoms with E-state index in [1.54, 1.807) is 9.12 Å². The molecule has 0 atom stereocenters. The van der Waals surface area contributed by atoms with Crippen LogP contribution in [-0.4, -0.2) is 13.9 Å². The number of halogens is 2.